The molecule has 0 saturated carbocycles. The van der Waals surface area contributed by atoms with E-state index >= 15 is 0 Å². The van der Waals surface area contributed by atoms with Crippen molar-refractivity contribution in [3.8, 4) is 0 Å². The van der Waals surface area contributed by atoms with Gasteiger partial charge in [-0.05, 0) is 42.3 Å². The van der Waals surface area contributed by atoms with Crippen LogP contribution >= 0.6 is 23.2 Å². The van der Waals surface area contributed by atoms with Crippen molar-refractivity contribution >= 4 is 40.5 Å². The van der Waals surface area contributed by atoms with Gasteiger partial charge in [-0.1, -0.05) is 42.3 Å². The minimum Gasteiger partial charge on any atom is -0.369 e. The summed E-state index contributed by atoms with van der Waals surface area (Å²) in [4.78, 5) is 16.8. The second-order valence-electron chi connectivity index (χ2n) is 6.46. The molecule has 6 heteroatoms. The Kier molecular flexibility index (Phi) is 6.41. The number of aryl methyl sites for hydroxylation is 1. The van der Waals surface area contributed by atoms with E-state index in [-0.39, 0.29) is 5.91 Å². The van der Waals surface area contributed by atoms with Crippen LogP contribution in [-0.2, 0) is 11.2 Å². The number of nitrogens with zero attached hydrogens (tertiary/aromatic N) is 2. The van der Waals surface area contributed by atoms with E-state index in [4.69, 9.17) is 23.2 Å². The Bertz CT molecular complexity index is 756. The second kappa shape index (κ2) is 8.76. The monoisotopic (exact) mass is 391 g/mol. The molecule has 1 N–H and O–H groups in total. The molecule has 26 heavy (non-hydrogen) atoms. The van der Waals surface area contributed by atoms with Gasteiger partial charge in [0.15, 0.2) is 0 Å². The van der Waals surface area contributed by atoms with E-state index in [9.17, 15) is 4.79 Å². The number of anilines is 2. The fourth-order valence-corrected chi connectivity index (χ4v) is 3.43. The number of carbonyl (C=O) groups is 1. The number of halogens is 2. The van der Waals surface area contributed by atoms with Gasteiger partial charge in [-0.25, -0.2) is 0 Å². The molecule has 0 atom stereocenters. The summed E-state index contributed by atoms with van der Waals surface area (Å²) in [6.45, 7) is 6.05. The Morgan fingerprint density at radius 1 is 1.04 bits per heavy atom. The molecule has 0 radical (unpaired) electrons. The summed E-state index contributed by atoms with van der Waals surface area (Å²) in [6, 6.07) is 13.8. The van der Waals surface area contributed by atoms with Gasteiger partial charge in [-0.3, -0.25) is 9.69 Å². The number of amides is 1. The van der Waals surface area contributed by atoms with Gasteiger partial charge in [0.2, 0.25) is 5.91 Å². The number of hydrogen-bond donors (Lipinski definition) is 1. The number of nitrogens with one attached hydrogen (secondary N) is 1. The lowest BCUT2D eigenvalue weighted by atomic mass is 10.1. The van der Waals surface area contributed by atoms with E-state index in [1.165, 1.54) is 11.3 Å². The molecule has 2 aromatic rings. The largest absolute Gasteiger partial charge is 0.369 e. The SMILES string of the molecule is CCc1ccc(N2CCN(CC(=O)Nc3cc(Cl)ccc3Cl)CC2)cc1. The van der Waals surface area contributed by atoms with E-state index < -0.39 is 0 Å². The van der Waals surface area contributed by atoms with Gasteiger partial charge in [0.05, 0.1) is 17.3 Å². The average molecular weight is 392 g/mol. The van der Waals surface area contributed by atoms with Crippen molar-refractivity contribution in [3.63, 3.8) is 0 Å². The minimum atomic E-state index is -0.0742. The third-order valence-corrected chi connectivity index (χ3v) is 5.22. The van der Waals surface area contributed by atoms with Crippen LogP contribution in [0.25, 0.3) is 0 Å². The lowest BCUT2D eigenvalue weighted by molar-refractivity contribution is -0.117. The van der Waals surface area contributed by atoms with Gasteiger partial charge < -0.3 is 10.2 Å². The molecule has 1 saturated heterocycles. The van der Waals surface area contributed by atoms with Crippen LogP contribution < -0.4 is 10.2 Å². The second-order valence-corrected chi connectivity index (χ2v) is 7.30. The molecule has 4 nitrogen and oxygen atoms in total. The molecule has 0 spiro atoms. The first kappa shape index (κ1) is 19.0. The fourth-order valence-electron chi connectivity index (χ4n) is 3.09. The minimum absolute atomic E-state index is 0.0742. The zero-order valence-corrected chi connectivity index (χ0v) is 16.4. The Balaban J connectivity index is 1.50. The van der Waals surface area contributed by atoms with Crippen molar-refractivity contribution in [1.82, 2.24) is 4.90 Å². The number of benzene rings is 2. The standard InChI is InChI=1S/C20H23Cl2N3O/c1-2-15-3-6-17(7-4-15)25-11-9-24(10-12-25)14-20(26)23-19-13-16(21)5-8-18(19)22/h3-8,13H,2,9-12,14H2,1H3,(H,23,26). The third-order valence-electron chi connectivity index (χ3n) is 4.65. The summed E-state index contributed by atoms with van der Waals surface area (Å²) in [5.74, 6) is -0.0742. The Morgan fingerprint density at radius 3 is 2.38 bits per heavy atom. The zero-order chi connectivity index (χ0) is 18.5. The van der Waals surface area contributed by atoms with E-state index in [1.54, 1.807) is 18.2 Å². The van der Waals surface area contributed by atoms with Crippen LogP contribution in [0.1, 0.15) is 12.5 Å². The molecule has 1 heterocycles. The normalized spacial score (nSPS) is 15.1. The highest BCUT2D eigenvalue weighted by atomic mass is 35.5. The summed E-state index contributed by atoms with van der Waals surface area (Å²) in [7, 11) is 0. The first-order chi connectivity index (χ1) is 12.5. The maximum atomic E-state index is 12.3. The summed E-state index contributed by atoms with van der Waals surface area (Å²) in [5.41, 5.74) is 3.15. The van der Waals surface area contributed by atoms with Crippen LogP contribution in [0.2, 0.25) is 10.0 Å². The van der Waals surface area contributed by atoms with Crippen LogP contribution in [0.5, 0.6) is 0 Å². The number of hydrogen-bond acceptors (Lipinski definition) is 3. The van der Waals surface area contributed by atoms with Crippen LogP contribution in [0.15, 0.2) is 42.5 Å². The van der Waals surface area contributed by atoms with Crippen LogP contribution in [0.3, 0.4) is 0 Å². The lowest BCUT2D eigenvalue weighted by Crippen LogP contribution is -2.48. The predicted octanol–water partition coefficient (Wildman–Crippen LogP) is 4.32. The van der Waals surface area contributed by atoms with Gasteiger partial charge in [0, 0.05) is 36.9 Å². The van der Waals surface area contributed by atoms with Crippen molar-refractivity contribution in [1.29, 1.82) is 0 Å². The third kappa shape index (κ3) is 4.91. The van der Waals surface area contributed by atoms with Gasteiger partial charge in [-0.2, -0.15) is 0 Å². The first-order valence-electron chi connectivity index (χ1n) is 8.86. The molecular formula is C20H23Cl2N3O. The molecule has 0 aromatic heterocycles. The van der Waals surface area contributed by atoms with E-state index in [0.717, 1.165) is 32.6 Å². The molecule has 0 bridgehead atoms. The number of piperazine rings is 1. The first-order valence-corrected chi connectivity index (χ1v) is 9.62. The maximum Gasteiger partial charge on any atom is 0.238 e. The van der Waals surface area contributed by atoms with Crippen molar-refractivity contribution in [2.45, 2.75) is 13.3 Å². The smallest absolute Gasteiger partial charge is 0.238 e. The molecule has 1 fully saturated rings. The highest BCUT2D eigenvalue weighted by Crippen LogP contribution is 2.25. The maximum absolute atomic E-state index is 12.3. The van der Waals surface area contributed by atoms with Crippen molar-refractivity contribution in [2.75, 3.05) is 42.9 Å². The highest BCUT2D eigenvalue weighted by molar-refractivity contribution is 6.35. The number of carbonyl (C=O) groups excluding carboxylic acids is 1. The topological polar surface area (TPSA) is 35.6 Å². The van der Waals surface area contributed by atoms with E-state index in [1.807, 2.05) is 0 Å². The van der Waals surface area contributed by atoms with Crippen LogP contribution in [-0.4, -0.2) is 43.5 Å². The molecule has 1 amide bonds. The highest BCUT2D eigenvalue weighted by Gasteiger charge is 2.19. The van der Waals surface area contributed by atoms with Gasteiger partial charge in [0.25, 0.3) is 0 Å². The molecule has 138 valence electrons. The fraction of sp³-hybridized carbons (Fsp3) is 0.350. The average Bonchev–Trinajstić information content (AvgIpc) is 2.65. The number of rotatable bonds is 5. The quantitative estimate of drug-likeness (QED) is 0.824. The van der Waals surface area contributed by atoms with Gasteiger partial charge in [-0.15, -0.1) is 0 Å². The summed E-state index contributed by atoms with van der Waals surface area (Å²) >= 11 is 12.1. The van der Waals surface area contributed by atoms with Crippen molar-refractivity contribution < 1.29 is 4.79 Å². The Labute approximate surface area is 164 Å². The van der Waals surface area contributed by atoms with Gasteiger partial charge >= 0.3 is 0 Å². The van der Waals surface area contributed by atoms with Crippen molar-refractivity contribution in [2.24, 2.45) is 0 Å². The Morgan fingerprint density at radius 2 is 1.73 bits per heavy atom. The molecular weight excluding hydrogens is 369 g/mol. The Hall–Kier alpha value is -1.75. The van der Waals surface area contributed by atoms with Crippen LogP contribution in [0.4, 0.5) is 11.4 Å². The van der Waals surface area contributed by atoms with Crippen LogP contribution in [0, 0.1) is 0 Å². The summed E-state index contributed by atoms with van der Waals surface area (Å²) in [5, 5.41) is 3.88. The zero-order valence-electron chi connectivity index (χ0n) is 14.8. The van der Waals surface area contributed by atoms with Gasteiger partial charge in [0.1, 0.15) is 0 Å². The molecule has 3 rings (SSSR count). The molecule has 0 unspecified atom stereocenters. The van der Waals surface area contributed by atoms with E-state index in [2.05, 4.69) is 46.3 Å². The molecule has 1 aliphatic heterocycles. The molecule has 1 aliphatic rings. The summed E-state index contributed by atoms with van der Waals surface area (Å²) < 4.78 is 0. The lowest BCUT2D eigenvalue weighted by Gasteiger charge is -2.35. The van der Waals surface area contributed by atoms with Crippen molar-refractivity contribution in [3.05, 3.63) is 58.1 Å². The van der Waals surface area contributed by atoms with E-state index in [0.29, 0.717) is 22.3 Å². The molecule has 2 aromatic carbocycles. The molecule has 0 aliphatic carbocycles. The predicted molar refractivity (Wildman–Crippen MR) is 110 cm³/mol. The summed E-state index contributed by atoms with van der Waals surface area (Å²) in [6.07, 6.45) is 1.06.